The Morgan fingerprint density at radius 1 is 0.900 bits per heavy atom. The Balaban J connectivity index is 1.50. The highest BCUT2D eigenvalue weighted by Crippen LogP contribution is 2.49. The minimum atomic E-state index is -4.79. The SMILES string of the molecule is CN(C[C@](CCN1CCC2(CC1)c1ccccc1C[S+]2[O-])(c1ccc(Cl)c(Cl)c1)N(C)C(=O)c1ccc(C(F)(F)F)cc1)C(=O)CC(F)(F)F. The lowest BCUT2D eigenvalue weighted by atomic mass is 9.82. The summed E-state index contributed by atoms with van der Waals surface area (Å²) in [5, 5.41) is 0.268. The van der Waals surface area contributed by atoms with E-state index in [0.29, 0.717) is 43.8 Å². The summed E-state index contributed by atoms with van der Waals surface area (Å²) in [5.74, 6) is -1.48. The first-order valence-corrected chi connectivity index (χ1v) is 17.8. The number of halogens is 8. The van der Waals surface area contributed by atoms with Crippen molar-refractivity contribution in [2.45, 2.75) is 54.1 Å². The quantitative estimate of drug-likeness (QED) is 0.164. The molecule has 3 aromatic rings. The van der Waals surface area contributed by atoms with Crippen LogP contribution >= 0.6 is 23.2 Å². The van der Waals surface area contributed by atoms with Gasteiger partial charge in [-0.15, -0.1) is 0 Å². The number of alkyl halides is 6. The van der Waals surface area contributed by atoms with Gasteiger partial charge in [0.2, 0.25) is 5.91 Å². The van der Waals surface area contributed by atoms with Crippen LogP contribution in [0.2, 0.25) is 10.0 Å². The van der Waals surface area contributed by atoms with Gasteiger partial charge >= 0.3 is 12.4 Å². The molecule has 15 heteroatoms. The third kappa shape index (κ3) is 7.91. The van der Waals surface area contributed by atoms with Crippen LogP contribution in [-0.2, 0) is 38.2 Å². The molecule has 1 fully saturated rings. The molecule has 1 spiro atoms. The highest BCUT2D eigenvalue weighted by Gasteiger charge is 2.52. The van der Waals surface area contributed by atoms with Crippen molar-refractivity contribution < 1.29 is 40.5 Å². The van der Waals surface area contributed by atoms with Crippen LogP contribution in [-0.4, -0.2) is 77.5 Å². The van der Waals surface area contributed by atoms with E-state index in [9.17, 15) is 40.5 Å². The molecule has 2 aliphatic heterocycles. The molecule has 2 aliphatic rings. The topological polar surface area (TPSA) is 66.9 Å². The van der Waals surface area contributed by atoms with Crippen LogP contribution in [0.25, 0.3) is 0 Å². The van der Waals surface area contributed by atoms with E-state index >= 15 is 0 Å². The highest BCUT2D eigenvalue weighted by molar-refractivity contribution is 7.92. The van der Waals surface area contributed by atoms with Gasteiger partial charge in [-0.1, -0.05) is 53.5 Å². The zero-order chi connectivity index (χ0) is 36.6. The number of hydrogen-bond donors (Lipinski definition) is 0. The van der Waals surface area contributed by atoms with Gasteiger partial charge in [0.1, 0.15) is 12.2 Å². The van der Waals surface area contributed by atoms with Crippen molar-refractivity contribution in [2.75, 3.05) is 40.3 Å². The number of carbonyl (C=O) groups excluding carboxylic acids is 2. The molecule has 50 heavy (non-hydrogen) atoms. The molecule has 2 amide bonds. The fourth-order valence-electron chi connectivity index (χ4n) is 7.02. The second-order valence-electron chi connectivity index (χ2n) is 12.9. The average molecular weight is 763 g/mol. The van der Waals surface area contributed by atoms with Gasteiger partial charge in [-0.25, -0.2) is 0 Å². The predicted octanol–water partition coefficient (Wildman–Crippen LogP) is 8.03. The molecular formula is C35H35Cl2F6N3O3S. The monoisotopic (exact) mass is 761 g/mol. The van der Waals surface area contributed by atoms with Crippen LogP contribution in [0.4, 0.5) is 26.3 Å². The Bertz CT molecular complexity index is 1720. The summed E-state index contributed by atoms with van der Waals surface area (Å²) in [4.78, 5) is 31.2. The molecule has 6 nitrogen and oxygen atoms in total. The summed E-state index contributed by atoms with van der Waals surface area (Å²) in [7, 11) is 2.60. The number of benzene rings is 3. The summed E-state index contributed by atoms with van der Waals surface area (Å²) in [5.41, 5.74) is -0.0829. The largest absolute Gasteiger partial charge is 0.615 e. The Morgan fingerprint density at radius 2 is 1.52 bits per heavy atom. The first-order chi connectivity index (χ1) is 23.4. The fourth-order valence-corrected chi connectivity index (χ4v) is 9.21. The number of nitrogens with zero attached hydrogens (tertiary/aromatic N) is 3. The van der Waals surface area contributed by atoms with Crippen molar-refractivity contribution in [1.82, 2.24) is 14.7 Å². The Morgan fingerprint density at radius 3 is 2.12 bits per heavy atom. The molecule has 1 saturated heterocycles. The van der Waals surface area contributed by atoms with E-state index in [4.69, 9.17) is 23.2 Å². The minimum Gasteiger partial charge on any atom is -0.615 e. The number of fused-ring (bicyclic) bond motifs is 2. The smallest absolute Gasteiger partial charge is 0.416 e. The van der Waals surface area contributed by atoms with Crippen LogP contribution in [0.1, 0.15) is 58.3 Å². The van der Waals surface area contributed by atoms with Crippen molar-refractivity contribution >= 4 is 46.2 Å². The van der Waals surface area contributed by atoms with Crippen molar-refractivity contribution in [3.05, 3.63) is 105 Å². The maximum absolute atomic E-state index is 14.1. The second kappa shape index (κ2) is 14.6. The highest BCUT2D eigenvalue weighted by atomic mass is 35.5. The predicted molar refractivity (Wildman–Crippen MR) is 180 cm³/mol. The summed E-state index contributed by atoms with van der Waals surface area (Å²) >= 11 is 11.5. The molecule has 0 saturated carbocycles. The number of piperidine rings is 1. The van der Waals surface area contributed by atoms with Crippen LogP contribution in [0.5, 0.6) is 0 Å². The van der Waals surface area contributed by atoms with E-state index in [1.165, 1.54) is 31.1 Å². The number of carbonyl (C=O) groups is 2. The maximum atomic E-state index is 14.1. The van der Waals surface area contributed by atoms with Crippen molar-refractivity contribution in [3.8, 4) is 0 Å². The molecule has 2 heterocycles. The standard InChI is InChI=1S/C35H35Cl2F6N3O3S/c1-44(30(47)20-34(38,39)40)22-32(26-11-12-28(36)29(37)19-26,45(2)31(48)23-7-9-25(10-8-23)35(41,42)43)13-16-46-17-14-33(15-18-46)27-6-4-3-5-24(27)21-50(33)49/h3-12,19H,13-18,20-22H2,1-2H3/t32-,50?/m1/s1. The molecule has 3 aromatic carbocycles. The van der Waals surface area contributed by atoms with Crippen LogP contribution in [0.15, 0.2) is 66.7 Å². The van der Waals surface area contributed by atoms with E-state index in [1.807, 2.05) is 24.3 Å². The van der Waals surface area contributed by atoms with Gasteiger partial charge in [0, 0.05) is 69.8 Å². The minimum absolute atomic E-state index is 0.0875. The van der Waals surface area contributed by atoms with Gasteiger partial charge < -0.3 is 19.3 Å². The van der Waals surface area contributed by atoms with Crippen LogP contribution in [0.3, 0.4) is 0 Å². The van der Waals surface area contributed by atoms with Gasteiger partial charge in [0.05, 0.1) is 21.1 Å². The summed E-state index contributed by atoms with van der Waals surface area (Å²) in [6.45, 7) is 0.975. The van der Waals surface area contributed by atoms with Gasteiger partial charge in [-0.2, -0.15) is 26.3 Å². The lowest BCUT2D eigenvalue weighted by Crippen LogP contribution is -2.56. The van der Waals surface area contributed by atoms with Crippen molar-refractivity contribution in [3.63, 3.8) is 0 Å². The van der Waals surface area contributed by atoms with E-state index < -0.39 is 64.2 Å². The summed E-state index contributed by atoms with van der Waals surface area (Å²) in [6, 6.07) is 16.0. The summed E-state index contributed by atoms with van der Waals surface area (Å²) in [6.07, 6.45) is -9.88. The first kappa shape index (κ1) is 38.3. The number of hydrogen-bond acceptors (Lipinski definition) is 4. The molecule has 0 radical (unpaired) electrons. The average Bonchev–Trinajstić information content (AvgIpc) is 3.33. The number of likely N-dealkylation sites (N-methyl/N-ethyl adjacent to an activating group) is 2. The van der Waals surface area contributed by atoms with Crippen molar-refractivity contribution in [2.24, 2.45) is 0 Å². The van der Waals surface area contributed by atoms with E-state index in [0.717, 1.165) is 40.3 Å². The molecular weight excluding hydrogens is 727 g/mol. The summed E-state index contributed by atoms with van der Waals surface area (Å²) < 4.78 is 92.8. The lowest BCUT2D eigenvalue weighted by Gasteiger charge is -2.47. The number of likely N-dealkylation sites (tertiary alicyclic amines) is 1. The zero-order valence-corrected chi connectivity index (χ0v) is 29.5. The van der Waals surface area contributed by atoms with Gasteiger partial charge in [0.15, 0.2) is 4.75 Å². The molecule has 0 aliphatic carbocycles. The van der Waals surface area contributed by atoms with E-state index in [2.05, 4.69) is 4.90 Å². The molecule has 0 bridgehead atoms. The van der Waals surface area contributed by atoms with Gasteiger partial charge in [-0.3, -0.25) is 9.59 Å². The molecule has 2 atom stereocenters. The Hall–Kier alpha value is -2.97. The maximum Gasteiger partial charge on any atom is 0.416 e. The third-order valence-electron chi connectivity index (χ3n) is 9.87. The van der Waals surface area contributed by atoms with E-state index in [-0.39, 0.29) is 22.0 Å². The normalized spacial score (nSPS) is 18.8. The zero-order valence-electron chi connectivity index (χ0n) is 27.2. The van der Waals surface area contributed by atoms with Crippen LogP contribution < -0.4 is 0 Å². The second-order valence-corrected chi connectivity index (χ2v) is 15.5. The molecule has 270 valence electrons. The lowest BCUT2D eigenvalue weighted by molar-refractivity contribution is -0.161. The molecule has 5 rings (SSSR count). The molecule has 1 unspecified atom stereocenters. The number of amides is 2. The third-order valence-corrected chi connectivity index (χ3v) is 12.7. The Kier molecular flexibility index (Phi) is 11.2. The van der Waals surface area contributed by atoms with E-state index in [1.54, 1.807) is 6.07 Å². The van der Waals surface area contributed by atoms with Gasteiger partial charge in [0.25, 0.3) is 5.91 Å². The van der Waals surface area contributed by atoms with Gasteiger partial charge in [-0.05, 0) is 59.6 Å². The molecule has 0 N–H and O–H groups in total. The van der Waals surface area contributed by atoms with Crippen LogP contribution in [0, 0.1) is 0 Å². The first-order valence-electron chi connectivity index (χ1n) is 15.8. The fraction of sp³-hybridized carbons (Fsp3) is 0.429. The molecule has 0 aromatic heterocycles. The van der Waals surface area contributed by atoms with Crippen molar-refractivity contribution in [1.29, 1.82) is 0 Å². The number of rotatable bonds is 9. The Labute approximate surface area is 299 Å².